The van der Waals surface area contributed by atoms with E-state index in [1.807, 2.05) is 0 Å². The van der Waals surface area contributed by atoms with Crippen molar-refractivity contribution in [3.63, 3.8) is 0 Å². The first kappa shape index (κ1) is 13.1. The third-order valence-electron chi connectivity index (χ3n) is 3.07. The van der Waals surface area contributed by atoms with E-state index in [1.165, 1.54) is 26.1 Å². The van der Waals surface area contributed by atoms with Crippen LogP contribution in [0.3, 0.4) is 0 Å². The summed E-state index contributed by atoms with van der Waals surface area (Å²) in [7, 11) is 1.33. The van der Waals surface area contributed by atoms with Gasteiger partial charge in [0.1, 0.15) is 11.7 Å². The van der Waals surface area contributed by atoms with Gasteiger partial charge in [-0.3, -0.25) is 19.3 Å². The highest BCUT2D eigenvalue weighted by molar-refractivity contribution is 6.17. The van der Waals surface area contributed by atoms with Gasteiger partial charge in [-0.2, -0.15) is 4.39 Å². The molecule has 1 aliphatic rings. The van der Waals surface area contributed by atoms with Crippen molar-refractivity contribution in [2.24, 2.45) is 11.8 Å². The lowest BCUT2D eigenvalue weighted by Crippen LogP contribution is -2.32. The molecule has 0 saturated carbocycles. The summed E-state index contributed by atoms with van der Waals surface area (Å²) in [6.45, 7) is 1.51. The summed E-state index contributed by atoms with van der Waals surface area (Å²) in [6, 6.07) is 3.92. The van der Waals surface area contributed by atoms with Crippen LogP contribution in [-0.4, -0.2) is 34.7 Å². The van der Waals surface area contributed by atoms with Gasteiger partial charge in [0.15, 0.2) is 0 Å². The van der Waals surface area contributed by atoms with E-state index in [1.54, 1.807) is 0 Å². The average Bonchev–Trinajstić information content (AvgIpc) is 2.54. The third-order valence-corrected chi connectivity index (χ3v) is 3.07. The number of halogens is 1. The van der Waals surface area contributed by atoms with E-state index < -0.39 is 35.5 Å². The van der Waals surface area contributed by atoms with Gasteiger partial charge >= 0.3 is 0 Å². The molecule has 3 amide bonds. The van der Waals surface area contributed by atoms with E-state index in [-0.39, 0.29) is 5.82 Å². The molecule has 6 nitrogen and oxygen atoms in total. The number of imide groups is 1. The molecule has 2 atom stereocenters. The Morgan fingerprint density at radius 2 is 2.05 bits per heavy atom. The Bertz CT molecular complexity index is 561. The minimum atomic E-state index is -1.09. The first-order valence-electron chi connectivity index (χ1n) is 5.66. The van der Waals surface area contributed by atoms with Crippen LogP contribution in [0, 0.1) is 17.8 Å². The smallest absolute Gasteiger partial charge is 0.242 e. The molecule has 7 heteroatoms. The van der Waals surface area contributed by atoms with Crippen molar-refractivity contribution in [2.75, 3.05) is 12.4 Å². The van der Waals surface area contributed by atoms with Crippen LogP contribution in [0.25, 0.3) is 0 Å². The molecule has 2 rings (SSSR count). The normalized spacial score (nSPS) is 22.8. The third kappa shape index (κ3) is 2.31. The summed E-state index contributed by atoms with van der Waals surface area (Å²) in [5.74, 6) is -4.19. The van der Waals surface area contributed by atoms with Gasteiger partial charge in [0.25, 0.3) is 0 Å². The van der Waals surface area contributed by atoms with Crippen molar-refractivity contribution in [2.45, 2.75) is 6.92 Å². The highest BCUT2D eigenvalue weighted by Gasteiger charge is 2.47. The van der Waals surface area contributed by atoms with E-state index in [9.17, 15) is 18.8 Å². The van der Waals surface area contributed by atoms with Gasteiger partial charge in [-0.25, -0.2) is 4.98 Å². The second-order valence-electron chi connectivity index (χ2n) is 4.34. The number of carbonyl (C=O) groups is 3. The Labute approximate surface area is 108 Å². The molecular weight excluding hydrogens is 253 g/mol. The Morgan fingerprint density at radius 1 is 1.37 bits per heavy atom. The number of carbonyl (C=O) groups excluding carboxylic acids is 3. The Kier molecular flexibility index (Phi) is 3.28. The van der Waals surface area contributed by atoms with Crippen LogP contribution in [0.4, 0.5) is 10.2 Å². The SMILES string of the molecule is CC1C(=O)N(C)C(=O)C1C(=O)Nc1cccc(F)n1. The Hall–Kier alpha value is -2.31. The van der Waals surface area contributed by atoms with Crippen LogP contribution in [0.2, 0.25) is 0 Å². The number of amides is 3. The molecule has 0 radical (unpaired) electrons. The molecule has 19 heavy (non-hydrogen) atoms. The number of nitrogens with one attached hydrogen (secondary N) is 1. The molecular formula is C12H12FN3O3. The van der Waals surface area contributed by atoms with Crippen molar-refractivity contribution >= 4 is 23.5 Å². The molecule has 1 N–H and O–H groups in total. The summed E-state index contributed by atoms with van der Waals surface area (Å²) in [5.41, 5.74) is 0. The van der Waals surface area contributed by atoms with Crippen molar-refractivity contribution in [1.82, 2.24) is 9.88 Å². The summed E-state index contributed by atoms with van der Waals surface area (Å²) in [6.07, 6.45) is 0. The zero-order valence-corrected chi connectivity index (χ0v) is 10.4. The number of likely N-dealkylation sites (tertiary alicyclic amines) is 1. The van der Waals surface area contributed by atoms with Crippen LogP contribution < -0.4 is 5.32 Å². The van der Waals surface area contributed by atoms with Gasteiger partial charge < -0.3 is 5.32 Å². The first-order chi connectivity index (χ1) is 8.91. The first-order valence-corrected chi connectivity index (χ1v) is 5.66. The second-order valence-corrected chi connectivity index (χ2v) is 4.34. The predicted molar refractivity (Wildman–Crippen MR) is 63.3 cm³/mol. The number of pyridine rings is 1. The second kappa shape index (κ2) is 4.75. The van der Waals surface area contributed by atoms with E-state index in [0.29, 0.717) is 0 Å². The van der Waals surface area contributed by atoms with Gasteiger partial charge in [-0.05, 0) is 12.1 Å². The number of aromatic nitrogens is 1. The van der Waals surface area contributed by atoms with E-state index in [0.717, 1.165) is 11.0 Å². The lowest BCUT2D eigenvalue weighted by atomic mass is 9.96. The zero-order valence-electron chi connectivity index (χ0n) is 10.4. The molecule has 1 aliphatic heterocycles. The highest BCUT2D eigenvalue weighted by atomic mass is 19.1. The standard InChI is InChI=1S/C12H12FN3O3/c1-6-9(12(19)16(2)11(6)18)10(17)15-8-5-3-4-7(13)14-8/h3-6,9H,1-2H3,(H,14,15,17). The largest absolute Gasteiger partial charge is 0.310 e. The molecule has 0 aromatic carbocycles. The van der Waals surface area contributed by atoms with Crippen LogP contribution in [0.1, 0.15) is 6.92 Å². The molecule has 2 heterocycles. The maximum Gasteiger partial charge on any atom is 0.242 e. The van der Waals surface area contributed by atoms with Crippen LogP contribution in [0.15, 0.2) is 18.2 Å². The molecule has 1 fully saturated rings. The molecule has 0 aliphatic carbocycles. The van der Waals surface area contributed by atoms with Gasteiger partial charge in [0.05, 0.1) is 5.92 Å². The summed E-state index contributed by atoms with van der Waals surface area (Å²) in [4.78, 5) is 39.7. The topological polar surface area (TPSA) is 79.4 Å². The van der Waals surface area contributed by atoms with Crippen LogP contribution >= 0.6 is 0 Å². The minimum absolute atomic E-state index is 0.00648. The lowest BCUT2D eigenvalue weighted by molar-refractivity contribution is -0.138. The van der Waals surface area contributed by atoms with Crippen molar-refractivity contribution < 1.29 is 18.8 Å². The number of nitrogens with zero attached hydrogens (tertiary/aromatic N) is 2. The van der Waals surface area contributed by atoms with Crippen molar-refractivity contribution in [1.29, 1.82) is 0 Å². The minimum Gasteiger partial charge on any atom is -0.310 e. The monoisotopic (exact) mass is 265 g/mol. The summed E-state index contributed by atoms with van der Waals surface area (Å²) >= 11 is 0. The van der Waals surface area contributed by atoms with Gasteiger partial charge in [0.2, 0.25) is 23.7 Å². The van der Waals surface area contributed by atoms with Gasteiger partial charge in [-0.1, -0.05) is 13.0 Å². The Balaban J connectivity index is 2.17. The number of anilines is 1. The molecule has 1 aromatic rings. The lowest BCUT2D eigenvalue weighted by Gasteiger charge is -2.11. The van der Waals surface area contributed by atoms with Gasteiger partial charge in [0, 0.05) is 7.05 Å². The molecule has 0 spiro atoms. The maximum absolute atomic E-state index is 12.9. The number of hydrogen-bond acceptors (Lipinski definition) is 4. The molecule has 100 valence electrons. The summed E-state index contributed by atoms with van der Waals surface area (Å²) in [5, 5.41) is 2.34. The van der Waals surface area contributed by atoms with Crippen LogP contribution in [-0.2, 0) is 14.4 Å². The molecule has 2 unspecified atom stereocenters. The zero-order chi connectivity index (χ0) is 14.2. The maximum atomic E-state index is 12.9. The van der Waals surface area contributed by atoms with Crippen LogP contribution in [0.5, 0.6) is 0 Å². The Morgan fingerprint density at radius 3 is 2.58 bits per heavy atom. The van der Waals surface area contributed by atoms with E-state index >= 15 is 0 Å². The summed E-state index contributed by atoms with van der Waals surface area (Å²) < 4.78 is 12.9. The number of hydrogen-bond donors (Lipinski definition) is 1. The van der Waals surface area contributed by atoms with Crippen molar-refractivity contribution in [3.8, 4) is 0 Å². The van der Waals surface area contributed by atoms with Crippen molar-refractivity contribution in [3.05, 3.63) is 24.1 Å². The fourth-order valence-corrected chi connectivity index (χ4v) is 2.00. The predicted octanol–water partition coefficient (Wildman–Crippen LogP) is 0.410. The fraction of sp³-hybridized carbons (Fsp3) is 0.333. The fourth-order valence-electron chi connectivity index (χ4n) is 2.00. The van der Waals surface area contributed by atoms with E-state index in [2.05, 4.69) is 10.3 Å². The average molecular weight is 265 g/mol. The molecule has 1 aromatic heterocycles. The van der Waals surface area contributed by atoms with Gasteiger partial charge in [-0.15, -0.1) is 0 Å². The highest BCUT2D eigenvalue weighted by Crippen LogP contribution is 2.25. The molecule has 1 saturated heterocycles. The molecule has 0 bridgehead atoms. The quantitative estimate of drug-likeness (QED) is 0.477. The van der Waals surface area contributed by atoms with E-state index in [4.69, 9.17) is 0 Å². The number of rotatable bonds is 2.